The molecule has 1 aliphatic carbocycles. The lowest BCUT2D eigenvalue weighted by Crippen LogP contribution is -2.58. The first-order valence-electron chi connectivity index (χ1n) is 8.79. The number of piperidine rings is 1. The van der Waals surface area contributed by atoms with E-state index in [1.807, 2.05) is 6.07 Å². The monoisotopic (exact) mass is 330 g/mol. The summed E-state index contributed by atoms with van der Waals surface area (Å²) in [4.78, 5) is 25.4. The fourth-order valence-corrected chi connectivity index (χ4v) is 3.79. The van der Waals surface area contributed by atoms with Crippen LogP contribution in [0.1, 0.15) is 44.1 Å². The van der Waals surface area contributed by atoms with Crippen LogP contribution in [-0.4, -0.2) is 47.1 Å². The van der Waals surface area contributed by atoms with E-state index in [1.165, 1.54) is 12.5 Å². The molecule has 5 heteroatoms. The van der Waals surface area contributed by atoms with Crippen LogP contribution in [0.25, 0.3) is 0 Å². The molecule has 2 aliphatic rings. The minimum Gasteiger partial charge on any atom is -0.378 e. The number of likely N-dealkylation sites (tertiary alicyclic amines) is 1. The van der Waals surface area contributed by atoms with Crippen LogP contribution in [-0.2, 0) is 9.59 Å². The summed E-state index contributed by atoms with van der Waals surface area (Å²) in [6.45, 7) is 2.80. The maximum atomic E-state index is 12.4. The van der Waals surface area contributed by atoms with E-state index < -0.39 is 5.60 Å². The molecule has 3 rings (SSSR count). The average Bonchev–Trinajstić information content (AvgIpc) is 2.54. The Labute approximate surface area is 143 Å². The molecule has 5 nitrogen and oxygen atoms in total. The van der Waals surface area contributed by atoms with Crippen LogP contribution in [0.4, 0.5) is 0 Å². The van der Waals surface area contributed by atoms with Crippen LogP contribution in [0, 0.1) is 5.92 Å². The van der Waals surface area contributed by atoms with Crippen molar-refractivity contribution >= 4 is 11.8 Å². The highest BCUT2D eigenvalue weighted by Gasteiger charge is 2.41. The molecule has 1 atom stereocenters. The summed E-state index contributed by atoms with van der Waals surface area (Å²) < 4.78 is 0. The van der Waals surface area contributed by atoms with E-state index in [2.05, 4.69) is 29.6 Å². The molecule has 1 saturated heterocycles. The standard InChI is InChI=1S/C19H26N2O3/c1-14(22)21-9-5-8-19(24,13-21)18(23)20-12-15-10-17(11-15)16-6-3-2-4-7-16/h2-4,6-7,15,17,24H,5,8-13H2,1H3,(H,20,23). The summed E-state index contributed by atoms with van der Waals surface area (Å²) in [7, 11) is 0. The number of amides is 2. The largest absolute Gasteiger partial charge is 0.378 e. The predicted octanol–water partition coefficient (Wildman–Crippen LogP) is 1.67. The number of benzene rings is 1. The molecule has 130 valence electrons. The quantitative estimate of drug-likeness (QED) is 0.882. The molecule has 0 spiro atoms. The minimum atomic E-state index is -1.44. The van der Waals surface area contributed by atoms with E-state index in [-0.39, 0.29) is 18.4 Å². The van der Waals surface area contributed by atoms with Gasteiger partial charge in [-0.2, -0.15) is 0 Å². The third-order valence-electron chi connectivity index (χ3n) is 5.40. The Bertz CT molecular complexity index is 598. The van der Waals surface area contributed by atoms with Gasteiger partial charge in [-0.1, -0.05) is 30.3 Å². The van der Waals surface area contributed by atoms with Gasteiger partial charge >= 0.3 is 0 Å². The smallest absolute Gasteiger partial charge is 0.253 e. The number of aliphatic hydroxyl groups is 1. The highest BCUT2D eigenvalue weighted by Crippen LogP contribution is 2.41. The summed E-state index contributed by atoms with van der Waals surface area (Å²) in [6, 6.07) is 10.4. The molecule has 0 aromatic heterocycles. The van der Waals surface area contributed by atoms with E-state index in [0.29, 0.717) is 37.8 Å². The third-order valence-corrected chi connectivity index (χ3v) is 5.40. The summed E-state index contributed by atoms with van der Waals surface area (Å²) in [5, 5.41) is 13.5. The number of β-amino-alcohol motifs (C(OH)–C–C–N with tert-alkyl or cyclic N) is 1. The van der Waals surface area contributed by atoms with Gasteiger partial charge in [0, 0.05) is 20.0 Å². The maximum absolute atomic E-state index is 12.4. The van der Waals surface area contributed by atoms with E-state index in [0.717, 1.165) is 12.8 Å². The minimum absolute atomic E-state index is 0.0920. The number of hydrogen-bond donors (Lipinski definition) is 2. The van der Waals surface area contributed by atoms with Crippen LogP contribution in [0.15, 0.2) is 30.3 Å². The van der Waals surface area contributed by atoms with E-state index in [1.54, 1.807) is 4.90 Å². The zero-order valence-corrected chi connectivity index (χ0v) is 14.2. The highest BCUT2D eigenvalue weighted by molar-refractivity contribution is 5.86. The van der Waals surface area contributed by atoms with Gasteiger partial charge < -0.3 is 15.3 Å². The van der Waals surface area contributed by atoms with Gasteiger partial charge in [0.2, 0.25) is 5.91 Å². The molecule has 24 heavy (non-hydrogen) atoms. The van der Waals surface area contributed by atoms with Crippen LogP contribution in [0.5, 0.6) is 0 Å². The maximum Gasteiger partial charge on any atom is 0.253 e. The molecule has 2 N–H and O–H groups in total. The SMILES string of the molecule is CC(=O)N1CCCC(O)(C(=O)NCC2CC(c3ccccc3)C2)C1. The van der Waals surface area contributed by atoms with Crippen molar-refractivity contribution in [1.82, 2.24) is 10.2 Å². The summed E-state index contributed by atoms with van der Waals surface area (Å²) in [5.74, 6) is 0.622. The second-order valence-electron chi connectivity index (χ2n) is 7.23. The van der Waals surface area contributed by atoms with Crippen molar-refractivity contribution in [2.24, 2.45) is 5.92 Å². The molecule has 1 aromatic rings. The molecule has 0 bridgehead atoms. The molecule has 1 unspecified atom stereocenters. The van der Waals surface area contributed by atoms with Crippen LogP contribution in [0.3, 0.4) is 0 Å². The van der Waals surface area contributed by atoms with Crippen molar-refractivity contribution in [2.45, 2.75) is 44.1 Å². The van der Waals surface area contributed by atoms with Crippen molar-refractivity contribution in [3.05, 3.63) is 35.9 Å². The van der Waals surface area contributed by atoms with E-state index in [9.17, 15) is 14.7 Å². The lowest BCUT2D eigenvalue weighted by molar-refractivity contribution is -0.150. The van der Waals surface area contributed by atoms with E-state index >= 15 is 0 Å². The predicted molar refractivity (Wildman–Crippen MR) is 91.4 cm³/mol. The number of rotatable bonds is 4. The normalized spacial score (nSPS) is 29.7. The van der Waals surface area contributed by atoms with Gasteiger partial charge in [-0.3, -0.25) is 9.59 Å². The van der Waals surface area contributed by atoms with Crippen molar-refractivity contribution in [3.63, 3.8) is 0 Å². The number of carbonyl (C=O) groups is 2. The first-order chi connectivity index (χ1) is 11.5. The van der Waals surface area contributed by atoms with Gasteiger partial charge in [-0.15, -0.1) is 0 Å². The fraction of sp³-hybridized carbons (Fsp3) is 0.579. The second-order valence-corrected chi connectivity index (χ2v) is 7.23. The zero-order valence-electron chi connectivity index (χ0n) is 14.2. The Hall–Kier alpha value is -1.88. The topological polar surface area (TPSA) is 69.6 Å². The van der Waals surface area contributed by atoms with Crippen LogP contribution < -0.4 is 5.32 Å². The Kier molecular flexibility index (Phi) is 4.90. The van der Waals surface area contributed by atoms with Gasteiger partial charge in [-0.25, -0.2) is 0 Å². The van der Waals surface area contributed by atoms with Gasteiger partial charge in [-0.05, 0) is 43.1 Å². The molecule has 1 aromatic carbocycles. The summed E-state index contributed by atoms with van der Waals surface area (Å²) in [5.41, 5.74) is -0.0740. The molecule has 1 aliphatic heterocycles. The van der Waals surface area contributed by atoms with Gasteiger partial charge in [0.1, 0.15) is 0 Å². The van der Waals surface area contributed by atoms with Crippen LogP contribution in [0.2, 0.25) is 0 Å². The number of hydrogen-bond acceptors (Lipinski definition) is 3. The summed E-state index contributed by atoms with van der Waals surface area (Å²) >= 11 is 0. The fourth-order valence-electron chi connectivity index (χ4n) is 3.79. The average molecular weight is 330 g/mol. The van der Waals surface area contributed by atoms with Gasteiger partial charge in [0.15, 0.2) is 5.60 Å². The molecule has 1 heterocycles. The Morgan fingerprint density at radius 1 is 1.29 bits per heavy atom. The lowest BCUT2D eigenvalue weighted by atomic mass is 9.71. The van der Waals surface area contributed by atoms with Crippen molar-refractivity contribution in [2.75, 3.05) is 19.6 Å². The zero-order chi connectivity index (χ0) is 17.2. The number of nitrogens with one attached hydrogen (secondary N) is 1. The first-order valence-corrected chi connectivity index (χ1v) is 8.79. The first kappa shape index (κ1) is 17.0. The molecular formula is C19H26N2O3. The molecular weight excluding hydrogens is 304 g/mol. The Morgan fingerprint density at radius 2 is 2.00 bits per heavy atom. The summed E-state index contributed by atoms with van der Waals surface area (Å²) in [6.07, 6.45) is 3.22. The van der Waals surface area contributed by atoms with Crippen molar-refractivity contribution in [3.8, 4) is 0 Å². The number of carbonyl (C=O) groups excluding carboxylic acids is 2. The van der Waals surface area contributed by atoms with E-state index in [4.69, 9.17) is 0 Å². The van der Waals surface area contributed by atoms with Crippen LogP contribution >= 0.6 is 0 Å². The van der Waals surface area contributed by atoms with Gasteiger partial charge in [0.05, 0.1) is 6.54 Å². The molecule has 1 saturated carbocycles. The molecule has 2 amide bonds. The van der Waals surface area contributed by atoms with Crippen molar-refractivity contribution in [1.29, 1.82) is 0 Å². The number of nitrogens with zero attached hydrogens (tertiary/aromatic N) is 1. The lowest BCUT2D eigenvalue weighted by Gasteiger charge is -2.39. The molecule has 2 fully saturated rings. The Morgan fingerprint density at radius 3 is 2.67 bits per heavy atom. The highest BCUT2D eigenvalue weighted by atomic mass is 16.3. The van der Waals surface area contributed by atoms with Gasteiger partial charge in [0.25, 0.3) is 5.91 Å². The third kappa shape index (κ3) is 3.61. The Balaban J connectivity index is 1.45. The molecule has 0 radical (unpaired) electrons. The van der Waals surface area contributed by atoms with Crippen molar-refractivity contribution < 1.29 is 14.7 Å². The second kappa shape index (κ2) is 6.93.